The molecule has 18 heavy (non-hydrogen) atoms. The standard InChI is InChI=1S/C12H16ClN3OS/c1-7-5-16(6-8(2)17-7)11-10-9(3-4-18-10)14-12(13)15-11/h7-8H,3-6H2,1-2H3. The minimum Gasteiger partial charge on any atom is -0.372 e. The van der Waals surface area contributed by atoms with Crippen LogP contribution in [-0.2, 0) is 11.2 Å². The molecule has 1 aromatic heterocycles. The summed E-state index contributed by atoms with van der Waals surface area (Å²) in [6.45, 7) is 5.92. The average molecular weight is 286 g/mol. The quantitative estimate of drug-likeness (QED) is 0.741. The molecule has 4 nitrogen and oxygen atoms in total. The van der Waals surface area contributed by atoms with Gasteiger partial charge in [-0.2, -0.15) is 4.98 Å². The van der Waals surface area contributed by atoms with Crippen LogP contribution < -0.4 is 4.90 Å². The summed E-state index contributed by atoms with van der Waals surface area (Å²) in [5.41, 5.74) is 1.10. The maximum Gasteiger partial charge on any atom is 0.224 e. The predicted octanol–water partition coefficient (Wildman–Crippen LogP) is 2.39. The number of ether oxygens (including phenoxy) is 1. The van der Waals surface area contributed by atoms with Crippen LogP contribution in [0.4, 0.5) is 5.82 Å². The highest BCUT2D eigenvalue weighted by Crippen LogP contribution is 2.38. The summed E-state index contributed by atoms with van der Waals surface area (Å²) in [7, 11) is 0. The number of hydrogen-bond acceptors (Lipinski definition) is 5. The number of fused-ring (bicyclic) bond motifs is 1. The van der Waals surface area contributed by atoms with Gasteiger partial charge in [-0.15, -0.1) is 11.8 Å². The zero-order valence-electron chi connectivity index (χ0n) is 10.5. The van der Waals surface area contributed by atoms with E-state index in [1.54, 1.807) is 0 Å². The van der Waals surface area contributed by atoms with Crippen LogP contribution >= 0.6 is 23.4 Å². The van der Waals surface area contributed by atoms with Gasteiger partial charge in [0.05, 0.1) is 22.8 Å². The third-order valence-corrected chi connectivity index (χ3v) is 4.48. The van der Waals surface area contributed by atoms with E-state index >= 15 is 0 Å². The van der Waals surface area contributed by atoms with Crippen molar-refractivity contribution in [2.24, 2.45) is 0 Å². The second-order valence-corrected chi connectivity index (χ2v) is 6.30. The Morgan fingerprint density at radius 2 is 2.00 bits per heavy atom. The van der Waals surface area contributed by atoms with E-state index < -0.39 is 0 Å². The lowest BCUT2D eigenvalue weighted by molar-refractivity contribution is -0.00563. The number of aryl methyl sites for hydroxylation is 1. The van der Waals surface area contributed by atoms with E-state index in [2.05, 4.69) is 28.7 Å². The monoisotopic (exact) mass is 285 g/mol. The van der Waals surface area contributed by atoms with Gasteiger partial charge in [-0.05, 0) is 25.4 Å². The first kappa shape index (κ1) is 12.5. The molecule has 0 N–H and O–H groups in total. The summed E-state index contributed by atoms with van der Waals surface area (Å²) < 4.78 is 5.76. The van der Waals surface area contributed by atoms with Crippen LogP contribution in [0.15, 0.2) is 4.90 Å². The smallest absolute Gasteiger partial charge is 0.224 e. The number of halogens is 1. The normalized spacial score (nSPS) is 27.4. The van der Waals surface area contributed by atoms with Gasteiger partial charge in [-0.25, -0.2) is 4.98 Å². The van der Waals surface area contributed by atoms with Crippen LogP contribution in [0, 0.1) is 0 Å². The Labute approximate surface area is 116 Å². The molecule has 2 aliphatic rings. The van der Waals surface area contributed by atoms with Crippen LogP contribution in [-0.4, -0.2) is 41.0 Å². The van der Waals surface area contributed by atoms with Crippen molar-refractivity contribution in [3.8, 4) is 0 Å². The van der Waals surface area contributed by atoms with E-state index in [9.17, 15) is 0 Å². The van der Waals surface area contributed by atoms with Crippen molar-refractivity contribution in [2.45, 2.75) is 37.4 Å². The summed E-state index contributed by atoms with van der Waals surface area (Å²) in [5, 5.41) is 0.359. The predicted molar refractivity (Wildman–Crippen MR) is 73.7 cm³/mol. The second-order valence-electron chi connectivity index (χ2n) is 4.85. The molecule has 98 valence electrons. The van der Waals surface area contributed by atoms with Gasteiger partial charge in [-0.1, -0.05) is 0 Å². The molecule has 2 unspecified atom stereocenters. The minimum absolute atomic E-state index is 0.226. The molecule has 1 aromatic rings. The number of morpholine rings is 1. The molecule has 2 atom stereocenters. The first-order chi connectivity index (χ1) is 8.63. The molecule has 1 saturated heterocycles. The van der Waals surface area contributed by atoms with E-state index in [-0.39, 0.29) is 12.2 Å². The topological polar surface area (TPSA) is 38.2 Å². The second kappa shape index (κ2) is 4.87. The van der Waals surface area contributed by atoms with Gasteiger partial charge in [-0.3, -0.25) is 0 Å². The molecule has 0 amide bonds. The first-order valence-electron chi connectivity index (χ1n) is 6.23. The van der Waals surface area contributed by atoms with Gasteiger partial charge in [0.25, 0.3) is 0 Å². The van der Waals surface area contributed by atoms with Gasteiger partial charge in [0.2, 0.25) is 5.28 Å². The van der Waals surface area contributed by atoms with E-state index in [0.717, 1.165) is 36.8 Å². The van der Waals surface area contributed by atoms with Crippen LogP contribution in [0.5, 0.6) is 0 Å². The molecule has 3 heterocycles. The molecule has 0 spiro atoms. The SMILES string of the molecule is CC1CN(c2nc(Cl)nc3c2SCC3)CC(C)O1. The highest BCUT2D eigenvalue weighted by Gasteiger charge is 2.28. The van der Waals surface area contributed by atoms with Crippen molar-refractivity contribution in [1.82, 2.24) is 9.97 Å². The van der Waals surface area contributed by atoms with Crippen molar-refractivity contribution in [3.05, 3.63) is 11.0 Å². The van der Waals surface area contributed by atoms with Gasteiger partial charge in [0.1, 0.15) is 5.82 Å². The molecule has 0 radical (unpaired) electrons. The van der Waals surface area contributed by atoms with Crippen molar-refractivity contribution < 1.29 is 4.74 Å². The fourth-order valence-electron chi connectivity index (χ4n) is 2.59. The van der Waals surface area contributed by atoms with E-state index in [1.165, 1.54) is 4.90 Å². The van der Waals surface area contributed by atoms with Crippen LogP contribution in [0.2, 0.25) is 5.28 Å². The van der Waals surface area contributed by atoms with E-state index in [0.29, 0.717) is 5.28 Å². The Morgan fingerprint density at radius 1 is 1.28 bits per heavy atom. The van der Waals surface area contributed by atoms with Crippen molar-refractivity contribution >= 4 is 29.2 Å². The maximum absolute atomic E-state index is 6.03. The van der Waals surface area contributed by atoms with Gasteiger partial charge >= 0.3 is 0 Å². The van der Waals surface area contributed by atoms with Crippen LogP contribution in [0.1, 0.15) is 19.5 Å². The number of rotatable bonds is 1. The number of thioether (sulfide) groups is 1. The lowest BCUT2D eigenvalue weighted by Crippen LogP contribution is -2.46. The summed E-state index contributed by atoms with van der Waals surface area (Å²) in [5.74, 6) is 2.07. The largest absolute Gasteiger partial charge is 0.372 e. The summed E-state index contributed by atoms with van der Waals surface area (Å²) in [6.07, 6.45) is 1.44. The van der Waals surface area contributed by atoms with Gasteiger partial charge < -0.3 is 9.64 Å². The molecular weight excluding hydrogens is 270 g/mol. The third-order valence-electron chi connectivity index (χ3n) is 3.19. The molecule has 0 bridgehead atoms. The molecule has 2 aliphatic heterocycles. The zero-order valence-corrected chi connectivity index (χ0v) is 12.1. The lowest BCUT2D eigenvalue weighted by Gasteiger charge is -2.36. The Kier molecular flexibility index (Phi) is 3.38. The fourth-order valence-corrected chi connectivity index (χ4v) is 3.89. The molecule has 0 saturated carbocycles. The van der Waals surface area contributed by atoms with Crippen molar-refractivity contribution in [2.75, 3.05) is 23.7 Å². The molecule has 6 heteroatoms. The van der Waals surface area contributed by atoms with Gasteiger partial charge in [0.15, 0.2) is 0 Å². The highest BCUT2D eigenvalue weighted by molar-refractivity contribution is 7.99. The molecule has 0 aliphatic carbocycles. The average Bonchev–Trinajstić information content (AvgIpc) is 2.74. The van der Waals surface area contributed by atoms with Crippen molar-refractivity contribution in [3.63, 3.8) is 0 Å². The highest BCUT2D eigenvalue weighted by atomic mass is 35.5. The molecule has 0 aromatic carbocycles. The number of anilines is 1. The Morgan fingerprint density at radius 3 is 2.72 bits per heavy atom. The molecular formula is C12H16ClN3OS. The van der Waals surface area contributed by atoms with E-state index in [4.69, 9.17) is 16.3 Å². The Balaban J connectivity index is 1.96. The minimum atomic E-state index is 0.226. The summed E-state index contributed by atoms with van der Waals surface area (Å²) >= 11 is 7.86. The summed E-state index contributed by atoms with van der Waals surface area (Å²) in [4.78, 5) is 12.3. The molecule has 1 fully saturated rings. The fraction of sp³-hybridized carbons (Fsp3) is 0.667. The van der Waals surface area contributed by atoms with Gasteiger partial charge in [0, 0.05) is 25.3 Å². The number of hydrogen-bond donors (Lipinski definition) is 0. The van der Waals surface area contributed by atoms with E-state index in [1.807, 2.05) is 11.8 Å². The third kappa shape index (κ3) is 2.31. The lowest BCUT2D eigenvalue weighted by atomic mass is 10.2. The number of nitrogens with zero attached hydrogens (tertiary/aromatic N) is 3. The Bertz CT molecular complexity index is 461. The number of aromatic nitrogens is 2. The van der Waals surface area contributed by atoms with Crippen LogP contribution in [0.25, 0.3) is 0 Å². The van der Waals surface area contributed by atoms with Crippen LogP contribution in [0.3, 0.4) is 0 Å². The first-order valence-corrected chi connectivity index (χ1v) is 7.59. The Hall–Kier alpha value is -0.520. The summed E-state index contributed by atoms with van der Waals surface area (Å²) in [6, 6.07) is 0. The maximum atomic E-state index is 6.03. The molecule has 3 rings (SSSR count). The van der Waals surface area contributed by atoms with Crippen molar-refractivity contribution in [1.29, 1.82) is 0 Å². The zero-order chi connectivity index (χ0) is 12.7.